The van der Waals surface area contributed by atoms with Gasteiger partial charge >= 0.3 is 0 Å². The second-order valence-electron chi connectivity index (χ2n) is 3.37. The van der Waals surface area contributed by atoms with E-state index in [0.29, 0.717) is 10.0 Å². The Kier molecular flexibility index (Phi) is 2.87. The van der Waals surface area contributed by atoms with Gasteiger partial charge in [0.05, 0.1) is 0 Å². The average Bonchev–Trinajstić information content (AvgIpc) is 2.45. The van der Waals surface area contributed by atoms with Gasteiger partial charge in [0, 0.05) is 15.6 Å². The molecule has 1 amide bonds. The summed E-state index contributed by atoms with van der Waals surface area (Å²) in [5, 5.41) is 3.74. The molecule has 1 N–H and O–H groups in total. The van der Waals surface area contributed by atoms with Crippen LogP contribution in [0.25, 0.3) is 0 Å². The van der Waals surface area contributed by atoms with Crippen LogP contribution in [-0.4, -0.2) is 12.0 Å². The Hall–Kier alpha value is -0.770. The van der Waals surface area contributed by atoms with E-state index in [9.17, 15) is 4.79 Å². The van der Waals surface area contributed by atoms with E-state index in [1.807, 2.05) is 0 Å². The number of carbonyl (C=O) groups is 1. The topological polar surface area (TPSA) is 38.3 Å². The number of hydrogen-bond donors (Lipinski definition) is 1. The lowest BCUT2D eigenvalue weighted by atomic mass is 10.2. The minimum Gasteiger partial charge on any atom is -0.341 e. The van der Waals surface area contributed by atoms with Gasteiger partial charge in [0.2, 0.25) is 0 Å². The van der Waals surface area contributed by atoms with Gasteiger partial charge in [0.1, 0.15) is 6.10 Å². The molecule has 0 bridgehead atoms. The highest BCUT2D eigenvalue weighted by molar-refractivity contribution is 6.34. The highest BCUT2D eigenvalue weighted by Crippen LogP contribution is 2.27. The normalized spacial score (nSPS) is 25.4. The van der Waals surface area contributed by atoms with E-state index < -0.39 is 12.3 Å². The van der Waals surface area contributed by atoms with E-state index in [-0.39, 0.29) is 5.91 Å². The second kappa shape index (κ2) is 4.00. The van der Waals surface area contributed by atoms with Crippen molar-refractivity contribution in [2.75, 3.05) is 0 Å². The van der Waals surface area contributed by atoms with Crippen LogP contribution in [0.4, 0.5) is 0 Å². The number of rotatable bonds is 1. The summed E-state index contributed by atoms with van der Waals surface area (Å²) in [4.78, 5) is 11.2. The van der Waals surface area contributed by atoms with E-state index >= 15 is 0 Å². The van der Waals surface area contributed by atoms with Crippen LogP contribution in [0.3, 0.4) is 0 Å². The summed E-state index contributed by atoms with van der Waals surface area (Å²) in [6, 6.07) is 5.07. The first-order chi connectivity index (χ1) is 7.06. The van der Waals surface area contributed by atoms with Crippen molar-refractivity contribution in [3.05, 3.63) is 33.8 Å². The molecule has 2 rings (SSSR count). The van der Waals surface area contributed by atoms with Crippen LogP contribution in [0.1, 0.15) is 18.7 Å². The Morgan fingerprint density at radius 3 is 2.33 bits per heavy atom. The molecule has 0 saturated carbocycles. The van der Waals surface area contributed by atoms with Crippen molar-refractivity contribution in [1.82, 2.24) is 5.32 Å². The maximum Gasteiger partial charge on any atom is 0.251 e. The molecule has 0 unspecified atom stereocenters. The minimum atomic E-state index is -0.455. The molecule has 1 aromatic rings. The molecule has 1 aliphatic rings. The van der Waals surface area contributed by atoms with Gasteiger partial charge in [-0.15, -0.1) is 0 Å². The van der Waals surface area contributed by atoms with Crippen molar-refractivity contribution >= 4 is 29.1 Å². The Morgan fingerprint density at radius 2 is 1.87 bits per heavy atom. The van der Waals surface area contributed by atoms with Gasteiger partial charge in [0.25, 0.3) is 5.91 Å². The molecule has 0 radical (unpaired) electrons. The molecule has 0 aromatic heterocycles. The average molecular weight is 246 g/mol. The molecule has 15 heavy (non-hydrogen) atoms. The highest BCUT2D eigenvalue weighted by atomic mass is 35.5. The van der Waals surface area contributed by atoms with Crippen LogP contribution < -0.4 is 5.32 Å². The maximum atomic E-state index is 11.2. The third-order valence-electron chi connectivity index (χ3n) is 2.17. The van der Waals surface area contributed by atoms with Gasteiger partial charge in [-0.1, -0.05) is 23.2 Å². The van der Waals surface area contributed by atoms with Crippen LogP contribution in [-0.2, 0) is 9.53 Å². The van der Waals surface area contributed by atoms with Crippen LogP contribution >= 0.6 is 23.2 Å². The molecule has 0 aliphatic carbocycles. The lowest BCUT2D eigenvalue weighted by molar-refractivity contribution is -0.122. The van der Waals surface area contributed by atoms with Gasteiger partial charge in [-0.25, -0.2) is 0 Å². The monoisotopic (exact) mass is 245 g/mol. The van der Waals surface area contributed by atoms with Gasteiger partial charge in [-0.05, 0) is 25.1 Å². The number of halogens is 2. The fourth-order valence-electron chi connectivity index (χ4n) is 1.43. The summed E-state index contributed by atoms with van der Waals surface area (Å²) in [5.74, 6) is -0.129. The standard InChI is InChI=1S/C10H9Cl2NO2/c1-5-9(14)13-10(15-5)6-2-7(11)4-8(12)3-6/h2-5,10H,1H3,(H,13,14)/t5-,10+/m1/s1. The van der Waals surface area contributed by atoms with Crippen molar-refractivity contribution in [2.24, 2.45) is 0 Å². The lowest BCUT2D eigenvalue weighted by Crippen LogP contribution is -2.22. The zero-order valence-corrected chi connectivity index (χ0v) is 9.47. The molecule has 1 aliphatic heterocycles. The van der Waals surface area contributed by atoms with Crippen molar-refractivity contribution in [2.45, 2.75) is 19.3 Å². The summed E-state index contributed by atoms with van der Waals surface area (Å²) in [7, 11) is 0. The predicted molar refractivity (Wildman–Crippen MR) is 57.9 cm³/mol. The molecular formula is C10H9Cl2NO2. The first kappa shape index (κ1) is 10.7. The van der Waals surface area contributed by atoms with E-state index in [4.69, 9.17) is 27.9 Å². The van der Waals surface area contributed by atoms with Crippen LogP contribution in [0.2, 0.25) is 10.0 Å². The Morgan fingerprint density at radius 1 is 1.27 bits per heavy atom. The fraction of sp³-hybridized carbons (Fsp3) is 0.300. The highest BCUT2D eigenvalue weighted by Gasteiger charge is 2.30. The smallest absolute Gasteiger partial charge is 0.251 e. The summed E-state index contributed by atoms with van der Waals surface area (Å²) in [5.41, 5.74) is 0.755. The van der Waals surface area contributed by atoms with E-state index in [1.54, 1.807) is 25.1 Å². The molecule has 80 valence electrons. The van der Waals surface area contributed by atoms with Crippen molar-refractivity contribution in [3.8, 4) is 0 Å². The molecule has 0 spiro atoms. The molecule has 5 heteroatoms. The molecule has 2 atom stereocenters. The van der Waals surface area contributed by atoms with E-state index in [2.05, 4.69) is 5.32 Å². The molecule has 3 nitrogen and oxygen atoms in total. The molecular weight excluding hydrogens is 237 g/mol. The fourth-order valence-corrected chi connectivity index (χ4v) is 1.98. The second-order valence-corrected chi connectivity index (χ2v) is 4.24. The van der Waals surface area contributed by atoms with Gasteiger partial charge in [-0.3, -0.25) is 4.79 Å². The quantitative estimate of drug-likeness (QED) is 0.826. The van der Waals surface area contributed by atoms with Crippen molar-refractivity contribution < 1.29 is 9.53 Å². The van der Waals surface area contributed by atoms with Gasteiger partial charge in [-0.2, -0.15) is 0 Å². The molecule has 1 fully saturated rings. The minimum absolute atomic E-state index is 0.129. The van der Waals surface area contributed by atoms with Crippen molar-refractivity contribution in [3.63, 3.8) is 0 Å². The Bertz CT molecular complexity index is 388. The van der Waals surface area contributed by atoms with Crippen LogP contribution in [0, 0.1) is 0 Å². The Balaban J connectivity index is 2.27. The SMILES string of the molecule is C[C@H]1O[C@@H](c2cc(Cl)cc(Cl)c2)NC1=O. The summed E-state index contributed by atoms with van der Waals surface area (Å²) in [6.45, 7) is 1.70. The summed E-state index contributed by atoms with van der Waals surface area (Å²) >= 11 is 11.7. The molecule has 1 aromatic carbocycles. The number of ether oxygens (including phenoxy) is 1. The summed E-state index contributed by atoms with van der Waals surface area (Å²) in [6.07, 6.45) is -0.892. The van der Waals surface area contributed by atoms with E-state index in [1.165, 1.54) is 0 Å². The third-order valence-corrected chi connectivity index (χ3v) is 2.61. The predicted octanol–water partition coefficient (Wildman–Crippen LogP) is 2.53. The zero-order valence-electron chi connectivity index (χ0n) is 7.96. The summed E-state index contributed by atoms with van der Waals surface area (Å²) < 4.78 is 5.39. The number of hydrogen-bond acceptors (Lipinski definition) is 2. The third kappa shape index (κ3) is 2.25. The number of amides is 1. The Labute approximate surface area is 97.3 Å². The van der Waals surface area contributed by atoms with Crippen LogP contribution in [0.15, 0.2) is 18.2 Å². The largest absolute Gasteiger partial charge is 0.341 e. The first-order valence-corrected chi connectivity index (χ1v) is 5.23. The van der Waals surface area contributed by atoms with Crippen LogP contribution in [0.5, 0.6) is 0 Å². The van der Waals surface area contributed by atoms with Gasteiger partial charge < -0.3 is 10.1 Å². The number of carbonyl (C=O) groups excluding carboxylic acids is 1. The maximum absolute atomic E-state index is 11.2. The zero-order chi connectivity index (χ0) is 11.0. The number of benzene rings is 1. The lowest BCUT2D eigenvalue weighted by Gasteiger charge is -2.11. The van der Waals surface area contributed by atoms with E-state index in [0.717, 1.165) is 5.56 Å². The molecule has 1 heterocycles. The first-order valence-electron chi connectivity index (χ1n) is 4.48. The molecule has 1 saturated heterocycles. The van der Waals surface area contributed by atoms with Gasteiger partial charge in [0.15, 0.2) is 6.23 Å². The number of nitrogens with one attached hydrogen (secondary N) is 1. The van der Waals surface area contributed by atoms with Crippen molar-refractivity contribution in [1.29, 1.82) is 0 Å².